The molecule has 1 aliphatic heterocycles. The van der Waals surface area contributed by atoms with Gasteiger partial charge in [0.2, 0.25) is 0 Å². The molecule has 0 spiro atoms. The van der Waals surface area contributed by atoms with Crippen LogP contribution in [-0.2, 0) is 0 Å². The van der Waals surface area contributed by atoms with Gasteiger partial charge < -0.3 is 4.90 Å². The van der Waals surface area contributed by atoms with Crippen LogP contribution in [0.15, 0.2) is 12.2 Å². The predicted molar refractivity (Wildman–Crippen MR) is 34.1 cm³/mol. The van der Waals surface area contributed by atoms with E-state index in [9.17, 15) is 0 Å². The molecular formula is C6H10N2. The normalized spacial score (nSPS) is 18.8. The third kappa shape index (κ3) is 1.09. The summed E-state index contributed by atoms with van der Waals surface area (Å²) in [5.74, 6) is 0. The lowest BCUT2D eigenvalue weighted by atomic mass is 10.3. The van der Waals surface area contributed by atoms with Crippen molar-refractivity contribution in [1.82, 2.24) is 4.90 Å². The van der Waals surface area contributed by atoms with Crippen molar-refractivity contribution in [1.29, 1.82) is 5.41 Å². The molecule has 8 heavy (non-hydrogen) atoms. The van der Waals surface area contributed by atoms with Crippen molar-refractivity contribution in [3.05, 3.63) is 12.2 Å². The average Bonchev–Trinajstić information content (AvgIpc) is 1.90. The van der Waals surface area contributed by atoms with Gasteiger partial charge in [-0.15, -0.1) is 0 Å². The summed E-state index contributed by atoms with van der Waals surface area (Å²) < 4.78 is 0. The van der Waals surface area contributed by atoms with Gasteiger partial charge in [0, 0.05) is 13.1 Å². The Balaban J connectivity index is 2.37. The minimum Gasteiger partial charge on any atom is -0.359 e. The van der Waals surface area contributed by atoms with Crippen LogP contribution < -0.4 is 0 Å². The Kier molecular flexibility index (Phi) is 1.67. The lowest BCUT2D eigenvalue weighted by molar-refractivity contribution is 0.465. The fourth-order valence-corrected chi connectivity index (χ4v) is 0.777. The molecule has 0 bridgehead atoms. The molecule has 0 amide bonds. The fourth-order valence-electron chi connectivity index (χ4n) is 0.777. The van der Waals surface area contributed by atoms with E-state index in [0.29, 0.717) is 0 Å². The molecule has 1 heterocycles. The third-order valence-corrected chi connectivity index (χ3v) is 1.27. The van der Waals surface area contributed by atoms with Crippen molar-refractivity contribution in [2.45, 2.75) is 6.42 Å². The maximum absolute atomic E-state index is 6.86. The molecule has 1 N–H and O–H groups in total. The van der Waals surface area contributed by atoms with Gasteiger partial charge in [-0.1, -0.05) is 12.2 Å². The predicted octanol–water partition coefficient (Wildman–Crippen LogP) is 0.855. The van der Waals surface area contributed by atoms with Crippen LogP contribution in [0.3, 0.4) is 0 Å². The Morgan fingerprint density at radius 2 is 2.38 bits per heavy atom. The van der Waals surface area contributed by atoms with Crippen LogP contribution in [0.25, 0.3) is 0 Å². The molecule has 0 unspecified atom stereocenters. The minimum absolute atomic E-state index is 0.920. The summed E-state index contributed by atoms with van der Waals surface area (Å²) in [6.45, 7) is 1.93. The summed E-state index contributed by atoms with van der Waals surface area (Å²) in [6, 6.07) is 0. The Labute approximate surface area is 49.3 Å². The van der Waals surface area contributed by atoms with Crippen molar-refractivity contribution >= 4 is 6.34 Å². The fraction of sp³-hybridized carbons (Fsp3) is 0.500. The summed E-state index contributed by atoms with van der Waals surface area (Å²) in [5.41, 5.74) is 0. The molecule has 44 valence electrons. The summed E-state index contributed by atoms with van der Waals surface area (Å²) in [5, 5.41) is 6.86. The maximum atomic E-state index is 6.86. The lowest BCUT2D eigenvalue weighted by Gasteiger charge is -2.18. The van der Waals surface area contributed by atoms with Crippen LogP contribution in [0.5, 0.6) is 0 Å². The van der Waals surface area contributed by atoms with Crippen molar-refractivity contribution < 1.29 is 0 Å². The number of nitrogens with one attached hydrogen (secondary N) is 1. The van der Waals surface area contributed by atoms with Gasteiger partial charge in [-0.3, -0.25) is 5.41 Å². The smallest absolute Gasteiger partial charge is 0.0820 e. The molecule has 2 nitrogen and oxygen atoms in total. The Morgan fingerprint density at radius 1 is 1.50 bits per heavy atom. The molecule has 0 aliphatic carbocycles. The molecule has 0 fully saturated rings. The first-order valence-electron chi connectivity index (χ1n) is 2.83. The second-order valence-electron chi connectivity index (χ2n) is 1.88. The van der Waals surface area contributed by atoms with E-state index in [2.05, 4.69) is 12.2 Å². The van der Waals surface area contributed by atoms with Crippen LogP contribution >= 0.6 is 0 Å². The second kappa shape index (κ2) is 2.50. The molecule has 1 rings (SSSR count). The molecule has 0 aromatic heterocycles. The molecule has 0 aromatic carbocycles. The Bertz CT molecular complexity index is 107. The number of hydrogen-bond acceptors (Lipinski definition) is 1. The first kappa shape index (κ1) is 5.35. The van der Waals surface area contributed by atoms with Crippen molar-refractivity contribution in [3.63, 3.8) is 0 Å². The summed E-state index contributed by atoms with van der Waals surface area (Å²) in [7, 11) is 0. The second-order valence-corrected chi connectivity index (χ2v) is 1.88. The highest BCUT2D eigenvalue weighted by Crippen LogP contribution is 1.96. The molecule has 0 aromatic rings. The zero-order chi connectivity index (χ0) is 5.82. The molecule has 0 saturated heterocycles. The maximum Gasteiger partial charge on any atom is 0.0820 e. The van der Waals surface area contributed by atoms with E-state index in [1.54, 1.807) is 0 Å². The van der Waals surface area contributed by atoms with Crippen LogP contribution in [0, 0.1) is 5.41 Å². The Hall–Kier alpha value is -0.790. The van der Waals surface area contributed by atoms with E-state index < -0.39 is 0 Å². The van der Waals surface area contributed by atoms with E-state index in [-0.39, 0.29) is 0 Å². The van der Waals surface area contributed by atoms with Gasteiger partial charge in [0.1, 0.15) is 0 Å². The number of nitrogens with zero attached hydrogens (tertiary/aromatic N) is 1. The lowest BCUT2D eigenvalue weighted by Crippen LogP contribution is -2.24. The van der Waals surface area contributed by atoms with Gasteiger partial charge >= 0.3 is 0 Å². The first-order valence-corrected chi connectivity index (χ1v) is 2.83. The highest BCUT2D eigenvalue weighted by atomic mass is 15.1. The van der Waals surface area contributed by atoms with Crippen molar-refractivity contribution in [2.75, 3.05) is 13.1 Å². The standard InChI is InChI=1S/C6H10N2/c7-6-8-4-2-1-3-5-8/h1-2,6-7H,3-5H2. The molecule has 2 heteroatoms. The highest BCUT2D eigenvalue weighted by molar-refractivity contribution is 5.51. The molecular weight excluding hydrogens is 100 g/mol. The molecule has 1 aliphatic rings. The van der Waals surface area contributed by atoms with Gasteiger partial charge in [-0.25, -0.2) is 0 Å². The van der Waals surface area contributed by atoms with Crippen LogP contribution in [-0.4, -0.2) is 24.3 Å². The summed E-state index contributed by atoms with van der Waals surface area (Å²) in [6.07, 6.45) is 6.73. The van der Waals surface area contributed by atoms with Crippen LogP contribution in [0.1, 0.15) is 6.42 Å². The van der Waals surface area contributed by atoms with E-state index in [4.69, 9.17) is 5.41 Å². The zero-order valence-corrected chi connectivity index (χ0v) is 4.80. The largest absolute Gasteiger partial charge is 0.359 e. The van der Waals surface area contributed by atoms with E-state index in [1.807, 2.05) is 4.90 Å². The van der Waals surface area contributed by atoms with E-state index in [1.165, 1.54) is 6.34 Å². The number of hydrogen-bond donors (Lipinski definition) is 1. The van der Waals surface area contributed by atoms with Gasteiger partial charge in [-0.2, -0.15) is 0 Å². The number of rotatable bonds is 1. The topological polar surface area (TPSA) is 27.1 Å². The monoisotopic (exact) mass is 110 g/mol. The molecule has 0 saturated carbocycles. The van der Waals surface area contributed by atoms with Crippen LogP contribution in [0.2, 0.25) is 0 Å². The Morgan fingerprint density at radius 3 is 2.75 bits per heavy atom. The molecule has 0 radical (unpaired) electrons. The summed E-state index contributed by atoms with van der Waals surface area (Å²) >= 11 is 0. The average molecular weight is 110 g/mol. The zero-order valence-electron chi connectivity index (χ0n) is 4.80. The van der Waals surface area contributed by atoms with Gasteiger partial charge in [0.15, 0.2) is 0 Å². The van der Waals surface area contributed by atoms with Gasteiger partial charge in [0.25, 0.3) is 0 Å². The van der Waals surface area contributed by atoms with Crippen LogP contribution in [0.4, 0.5) is 0 Å². The highest BCUT2D eigenvalue weighted by Gasteiger charge is 1.97. The first-order chi connectivity index (χ1) is 3.93. The van der Waals surface area contributed by atoms with Gasteiger partial charge in [-0.05, 0) is 6.42 Å². The van der Waals surface area contributed by atoms with E-state index >= 15 is 0 Å². The molecule has 0 atom stereocenters. The van der Waals surface area contributed by atoms with Crippen molar-refractivity contribution in [3.8, 4) is 0 Å². The van der Waals surface area contributed by atoms with E-state index in [0.717, 1.165) is 19.5 Å². The minimum atomic E-state index is 0.920. The van der Waals surface area contributed by atoms with Gasteiger partial charge in [0.05, 0.1) is 6.34 Å². The summed E-state index contributed by atoms with van der Waals surface area (Å²) in [4.78, 5) is 1.97. The SMILES string of the molecule is N=CN1CC=CCC1. The third-order valence-electron chi connectivity index (χ3n) is 1.27. The quantitative estimate of drug-likeness (QED) is 0.302. The van der Waals surface area contributed by atoms with Crippen molar-refractivity contribution in [2.24, 2.45) is 0 Å².